The van der Waals surface area contributed by atoms with Crippen molar-refractivity contribution in [2.24, 2.45) is 4.99 Å². The average Bonchev–Trinajstić information content (AvgIpc) is 3.27. The summed E-state index contributed by atoms with van der Waals surface area (Å²) in [6.07, 6.45) is 12.0. The highest BCUT2D eigenvalue weighted by molar-refractivity contribution is 5.80. The molecule has 0 amide bonds. The fraction of sp³-hybridized carbons (Fsp3) is 0.353. The van der Waals surface area contributed by atoms with E-state index in [4.69, 9.17) is 0 Å². The molecule has 0 unspecified atom stereocenters. The summed E-state index contributed by atoms with van der Waals surface area (Å²) in [4.78, 5) is 9.02. The predicted octanol–water partition coefficient (Wildman–Crippen LogP) is 2.04. The molecule has 2 aromatic heterocycles. The Hall–Kier alpha value is -2.63. The highest BCUT2D eigenvalue weighted by Gasteiger charge is 2.11. The number of nitrogens with one attached hydrogen (secondary N) is 2. The van der Waals surface area contributed by atoms with Gasteiger partial charge >= 0.3 is 0 Å². The number of hydrogen-bond donors (Lipinski definition) is 2. The quantitative estimate of drug-likeness (QED) is 0.504. The topological polar surface area (TPSA) is 67.1 Å². The van der Waals surface area contributed by atoms with E-state index >= 15 is 0 Å². The largest absolute Gasteiger partial charge is 0.357 e. The van der Waals surface area contributed by atoms with Crippen LogP contribution in [-0.4, -0.2) is 33.3 Å². The third kappa shape index (κ3) is 4.18. The third-order valence-electron chi connectivity index (χ3n) is 3.66. The molecule has 0 saturated carbocycles. The van der Waals surface area contributed by atoms with E-state index < -0.39 is 0 Å². The Labute approximate surface area is 136 Å². The van der Waals surface area contributed by atoms with Crippen LogP contribution in [0.5, 0.6) is 0 Å². The number of aliphatic imine (C=N–C) groups is 1. The van der Waals surface area contributed by atoms with Crippen LogP contribution >= 0.6 is 0 Å². The summed E-state index contributed by atoms with van der Waals surface area (Å²) >= 11 is 0. The predicted molar refractivity (Wildman–Crippen MR) is 91.5 cm³/mol. The summed E-state index contributed by atoms with van der Waals surface area (Å²) in [5.74, 6) is 1.67. The molecule has 2 aromatic rings. The van der Waals surface area contributed by atoms with Crippen molar-refractivity contribution in [3.63, 3.8) is 0 Å². The molecule has 120 valence electrons. The zero-order valence-electron chi connectivity index (χ0n) is 13.3. The summed E-state index contributed by atoms with van der Waals surface area (Å²) in [5, 5.41) is 11.0. The van der Waals surface area contributed by atoms with E-state index in [-0.39, 0.29) is 0 Å². The van der Waals surface area contributed by atoms with Gasteiger partial charge in [0.05, 0.1) is 6.54 Å². The molecule has 23 heavy (non-hydrogen) atoms. The second-order valence-corrected chi connectivity index (χ2v) is 5.45. The molecule has 0 atom stereocenters. The van der Waals surface area contributed by atoms with Gasteiger partial charge in [-0.15, -0.1) is 0 Å². The van der Waals surface area contributed by atoms with Gasteiger partial charge in [0.2, 0.25) is 0 Å². The monoisotopic (exact) mass is 310 g/mol. The minimum Gasteiger partial charge on any atom is -0.357 e. The summed E-state index contributed by atoms with van der Waals surface area (Å²) < 4.78 is 1.75. The lowest BCUT2D eigenvalue weighted by Crippen LogP contribution is -2.42. The second-order valence-electron chi connectivity index (χ2n) is 5.45. The summed E-state index contributed by atoms with van der Waals surface area (Å²) in [6, 6.07) is 6.33. The molecule has 0 fully saturated rings. The van der Waals surface area contributed by atoms with Crippen molar-refractivity contribution in [3.8, 4) is 5.82 Å². The first-order valence-corrected chi connectivity index (χ1v) is 8.00. The SMILES string of the molecule is CCNC(=NCc1ccnc(-n2cccn2)c1)NC1CC=CC1. The Bertz CT molecular complexity index is 666. The lowest BCUT2D eigenvalue weighted by atomic mass is 10.2. The number of nitrogens with zero attached hydrogens (tertiary/aromatic N) is 4. The molecule has 2 N–H and O–H groups in total. The van der Waals surface area contributed by atoms with E-state index in [0.717, 1.165) is 36.7 Å². The molecule has 1 aliphatic carbocycles. The van der Waals surface area contributed by atoms with Crippen molar-refractivity contribution in [1.82, 2.24) is 25.4 Å². The lowest BCUT2D eigenvalue weighted by molar-refractivity contribution is 0.633. The highest BCUT2D eigenvalue weighted by atomic mass is 15.3. The molecule has 3 rings (SSSR count). The van der Waals surface area contributed by atoms with Gasteiger partial charge in [-0.1, -0.05) is 12.2 Å². The molecule has 2 heterocycles. The van der Waals surface area contributed by atoms with E-state index in [0.29, 0.717) is 12.6 Å². The van der Waals surface area contributed by atoms with E-state index in [1.54, 1.807) is 17.1 Å². The minimum atomic E-state index is 0.449. The van der Waals surface area contributed by atoms with E-state index in [1.165, 1.54) is 0 Å². The van der Waals surface area contributed by atoms with Crippen LogP contribution < -0.4 is 10.6 Å². The van der Waals surface area contributed by atoms with Crippen molar-refractivity contribution in [2.45, 2.75) is 32.4 Å². The molecule has 0 radical (unpaired) electrons. The number of pyridine rings is 1. The first-order valence-electron chi connectivity index (χ1n) is 8.00. The summed E-state index contributed by atoms with van der Waals surface area (Å²) in [7, 11) is 0. The van der Waals surface area contributed by atoms with Crippen LogP contribution in [0.25, 0.3) is 5.82 Å². The van der Waals surface area contributed by atoms with Gasteiger partial charge < -0.3 is 10.6 Å². The Kier molecular flexibility index (Phi) is 5.03. The molecule has 0 bridgehead atoms. The third-order valence-corrected chi connectivity index (χ3v) is 3.66. The van der Waals surface area contributed by atoms with Gasteiger partial charge in [-0.25, -0.2) is 14.7 Å². The first-order chi connectivity index (χ1) is 11.3. The number of rotatable bonds is 5. The van der Waals surface area contributed by atoms with Crippen molar-refractivity contribution in [2.75, 3.05) is 6.54 Å². The fourth-order valence-electron chi connectivity index (χ4n) is 2.51. The molecule has 0 saturated heterocycles. The zero-order valence-corrected chi connectivity index (χ0v) is 13.3. The smallest absolute Gasteiger partial charge is 0.191 e. The van der Waals surface area contributed by atoms with Gasteiger partial charge in [0.15, 0.2) is 11.8 Å². The van der Waals surface area contributed by atoms with Crippen LogP contribution in [0.3, 0.4) is 0 Å². The Morgan fingerprint density at radius 1 is 1.35 bits per heavy atom. The average molecular weight is 310 g/mol. The standard InChI is InChI=1S/C17H22N6/c1-2-18-17(22-15-6-3-4-7-15)20-13-14-8-10-19-16(12-14)23-11-5-9-21-23/h3-5,8-12,15H,2,6-7,13H2,1H3,(H2,18,20,22). The van der Waals surface area contributed by atoms with Crippen molar-refractivity contribution < 1.29 is 0 Å². The van der Waals surface area contributed by atoms with Gasteiger partial charge in [0.25, 0.3) is 0 Å². The maximum Gasteiger partial charge on any atom is 0.191 e. The van der Waals surface area contributed by atoms with Crippen molar-refractivity contribution >= 4 is 5.96 Å². The van der Waals surface area contributed by atoms with Gasteiger partial charge in [-0.2, -0.15) is 5.10 Å². The maximum absolute atomic E-state index is 4.68. The Morgan fingerprint density at radius 2 is 2.22 bits per heavy atom. The Morgan fingerprint density at radius 3 is 2.96 bits per heavy atom. The van der Waals surface area contributed by atoms with Crippen LogP contribution in [0.15, 0.2) is 53.9 Å². The molecule has 6 heteroatoms. The second kappa shape index (κ2) is 7.58. The van der Waals surface area contributed by atoms with Crippen LogP contribution in [0.4, 0.5) is 0 Å². The Balaban J connectivity index is 1.67. The molecule has 0 aliphatic heterocycles. The van der Waals surface area contributed by atoms with Crippen molar-refractivity contribution in [3.05, 3.63) is 54.5 Å². The molecule has 1 aliphatic rings. The van der Waals surface area contributed by atoms with Crippen LogP contribution in [0.2, 0.25) is 0 Å². The van der Waals surface area contributed by atoms with Gasteiger partial charge in [-0.05, 0) is 43.5 Å². The van der Waals surface area contributed by atoms with Crippen LogP contribution in [-0.2, 0) is 6.54 Å². The normalized spacial score (nSPS) is 15.1. The van der Waals surface area contributed by atoms with Gasteiger partial charge in [0, 0.05) is 31.2 Å². The summed E-state index contributed by atoms with van der Waals surface area (Å²) in [6.45, 7) is 3.53. The van der Waals surface area contributed by atoms with Crippen molar-refractivity contribution in [1.29, 1.82) is 0 Å². The van der Waals surface area contributed by atoms with Gasteiger partial charge in [-0.3, -0.25) is 0 Å². The van der Waals surface area contributed by atoms with E-state index in [9.17, 15) is 0 Å². The molecular formula is C17H22N6. The number of aromatic nitrogens is 3. The fourth-order valence-corrected chi connectivity index (χ4v) is 2.51. The highest BCUT2D eigenvalue weighted by Crippen LogP contribution is 2.10. The molecule has 6 nitrogen and oxygen atoms in total. The van der Waals surface area contributed by atoms with Crippen LogP contribution in [0.1, 0.15) is 25.3 Å². The number of hydrogen-bond acceptors (Lipinski definition) is 3. The van der Waals surface area contributed by atoms with E-state index in [2.05, 4.69) is 44.8 Å². The molecule has 0 spiro atoms. The molecular weight excluding hydrogens is 288 g/mol. The van der Waals surface area contributed by atoms with E-state index in [1.807, 2.05) is 24.4 Å². The van der Waals surface area contributed by atoms with Gasteiger partial charge in [0.1, 0.15) is 0 Å². The maximum atomic E-state index is 4.68. The zero-order chi connectivity index (χ0) is 15.9. The first kappa shape index (κ1) is 15.3. The lowest BCUT2D eigenvalue weighted by Gasteiger charge is -2.16. The number of guanidine groups is 1. The molecule has 0 aromatic carbocycles. The van der Waals surface area contributed by atoms with Crippen LogP contribution in [0, 0.1) is 0 Å². The minimum absolute atomic E-state index is 0.449. The summed E-state index contributed by atoms with van der Waals surface area (Å²) in [5.41, 5.74) is 1.10.